The lowest BCUT2D eigenvalue weighted by atomic mass is 9.77. The predicted octanol–water partition coefficient (Wildman–Crippen LogP) is 6.71. The fourth-order valence-corrected chi connectivity index (χ4v) is 3.71. The molecule has 138 valence electrons. The second-order valence-electron chi connectivity index (χ2n) is 7.61. The maximum atomic E-state index is 6.08. The lowest BCUT2D eigenvalue weighted by Crippen LogP contribution is -2.22. The van der Waals surface area contributed by atoms with Crippen molar-refractivity contribution in [1.29, 1.82) is 0 Å². The van der Waals surface area contributed by atoms with Gasteiger partial charge in [0.05, 0.1) is 5.41 Å². The van der Waals surface area contributed by atoms with Crippen molar-refractivity contribution >= 4 is 0 Å². The maximum Gasteiger partial charge on any atom is 0.114 e. The molecule has 1 unspecified atom stereocenters. The average Bonchev–Trinajstić information content (AvgIpc) is 3.29. The van der Waals surface area contributed by atoms with E-state index in [1.165, 1.54) is 36.8 Å². The normalized spacial score (nSPS) is 13.7. The molecule has 3 rings (SSSR count). The molecule has 0 bridgehead atoms. The standard InChI is InChI=1S/C24H31NO/c1-4-5-6-10-16-24(3,23-14-13-20(2)26-23)22-15-17-25(19-22)18-21-11-8-7-9-12-21/h7-9,11-15,17,19H,4-6,10,16,18H2,1-3H3. The Balaban J connectivity index is 1.82. The van der Waals surface area contributed by atoms with Gasteiger partial charge in [0.2, 0.25) is 0 Å². The van der Waals surface area contributed by atoms with Gasteiger partial charge < -0.3 is 8.98 Å². The number of rotatable bonds is 9. The molecule has 2 heterocycles. The van der Waals surface area contributed by atoms with Crippen molar-refractivity contribution in [2.75, 3.05) is 0 Å². The van der Waals surface area contributed by atoms with Crippen molar-refractivity contribution in [3.05, 3.63) is 83.6 Å². The topological polar surface area (TPSA) is 18.1 Å². The van der Waals surface area contributed by atoms with Gasteiger partial charge in [-0.3, -0.25) is 0 Å². The van der Waals surface area contributed by atoms with Crippen molar-refractivity contribution in [1.82, 2.24) is 4.57 Å². The second-order valence-corrected chi connectivity index (χ2v) is 7.61. The van der Waals surface area contributed by atoms with Gasteiger partial charge in [0.15, 0.2) is 0 Å². The third-order valence-electron chi connectivity index (χ3n) is 5.41. The van der Waals surface area contributed by atoms with Crippen molar-refractivity contribution in [3.63, 3.8) is 0 Å². The third-order valence-corrected chi connectivity index (χ3v) is 5.41. The average molecular weight is 350 g/mol. The Morgan fingerprint density at radius 2 is 1.77 bits per heavy atom. The number of aryl methyl sites for hydroxylation is 1. The van der Waals surface area contributed by atoms with Gasteiger partial charge in [-0.25, -0.2) is 0 Å². The molecule has 3 aromatic rings. The van der Waals surface area contributed by atoms with Crippen LogP contribution in [-0.2, 0) is 12.0 Å². The highest BCUT2D eigenvalue weighted by Gasteiger charge is 2.32. The van der Waals surface area contributed by atoms with Crippen molar-refractivity contribution in [2.45, 2.75) is 64.8 Å². The quantitative estimate of drug-likeness (QED) is 0.392. The summed E-state index contributed by atoms with van der Waals surface area (Å²) in [5, 5.41) is 0. The van der Waals surface area contributed by atoms with Crippen LogP contribution >= 0.6 is 0 Å². The minimum atomic E-state index is -0.0655. The summed E-state index contributed by atoms with van der Waals surface area (Å²) in [6.07, 6.45) is 10.7. The van der Waals surface area contributed by atoms with Crippen molar-refractivity contribution < 1.29 is 4.42 Å². The van der Waals surface area contributed by atoms with Crippen LogP contribution in [0.3, 0.4) is 0 Å². The largest absolute Gasteiger partial charge is 0.465 e. The van der Waals surface area contributed by atoms with Gasteiger partial charge in [0, 0.05) is 18.9 Å². The summed E-state index contributed by atoms with van der Waals surface area (Å²) in [5.74, 6) is 2.08. The number of benzene rings is 1. The minimum Gasteiger partial charge on any atom is -0.465 e. The van der Waals surface area contributed by atoms with Crippen LogP contribution < -0.4 is 0 Å². The molecule has 0 N–H and O–H groups in total. The zero-order valence-electron chi connectivity index (χ0n) is 16.4. The number of unbranched alkanes of at least 4 members (excludes halogenated alkanes) is 3. The fourth-order valence-electron chi connectivity index (χ4n) is 3.71. The van der Waals surface area contributed by atoms with E-state index in [0.717, 1.165) is 24.5 Å². The van der Waals surface area contributed by atoms with Crippen LogP contribution in [-0.4, -0.2) is 4.57 Å². The van der Waals surface area contributed by atoms with Crippen LogP contribution in [0.1, 0.15) is 68.6 Å². The first kappa shape index (κ1) is 18.6. The molecule has 0 amide bonds. The van der Waals surface area contributed by atoms with Gasteiger partial charge in [0.1, 0.15) is 11.5 Å². The minimum absolute atomic E-state index is 0.0655. The van der Waals surface area contributed by atoms with E-state index in [1.54, 1.807) is 0 Å². The monoisotopic (exact) mass is 349 g/mol. The molecule has 26 heavy (non-hydrogen) atoms. The molecule has 0 radical (unpaired) electrons. The lowest BCUT2D eigenvalue weighted by molar-refractivity contribution is 0.365. The molecule has 2 aromatic heterocycles. The Morgan fingerprint density at radius 3 is 2.46 bits per heavy atom. The zero-order valence-corrected chi connectivity index (χ0v) is 16.4. The number of aromatic nitrogens is 1. The SMILES string of the molecule is CCCCCCC(C)(c1ccn(Cc2ccccc2)c1)c1ccc(C)o1. The molecule has 0 aliphatic carbocycles. The first-order valence-corrected chi connectivity index (χ1v) is 9.89. The van der Waals surface area contributed by atoms with Gasteiger partial charge >= 0.3 is 0 Å². The predicted molar refractivity (Wildman–Crippen MR) is 109 cm³/mol. The maximum absolute atomic E-state index is 6.08. The van der Waals surface area contributed by atoms with E-state index >= 15 is 0 Å². The van der Waals surface area contributed by atoms with Gasteiger partial charge in [-0.1, -0.05) is 62.9 Å². The Hall–Kier alpha value is -2.22. The summed E-state index contributed by atoms with van der Waals surface area (Å²) in [7, 11) is 0. The van der Waals surface area contributed by atoms with Gasteiger partial charge in [-0.05, 0) is 49.6 Å². The molecule has 0 aliphatic heterocycles. The Kier molecular flexibility index (Phi) is 6.03. The zero-order chi connectivity index (χ0) is 18.4. The van der Waals surface area contributed by atoms with E-state index in [4.69, 9.17) is 4.42 Å². The van der Waals surface area contributed by atoms with E-state index in [0.29, 0.717) is 0 Å². The van der Waals surface area contributed by atoms with Crippen molar-refractivity contribution in [3.8, 4) is 0 Å². The number of nitrogens with zero attached hydrogens (tertiary/aromatic N) is 1. The summed E-state index contributed by atoms with van der Waals surface area (Å²) in [5.41, 5.74) is 2.61. The molecule has 0 fully saturated rings. The number of hydrogen-bond acceptors (Lipinski definition) is 1. The molecule has 2 nitrogen and oxygen atoms in total. The molecule has 0 saturated heterocycles. The van der Waals surface area contributed by atoms with E-state index in [2.05, 4.69) is 79.3 Å². The smallest absolute Gasteiger partial charge is 0.114 e. The van der Waals surface area contributed by atoms with Crippen LogP contribution in [0.5, 0.6) is 0 Å². The molecular formula is C24H31NO. The van der Waals surface area contributed by atoms with Gasteiger partial charge in [0.25, 0.3) is 0 Å². The van der Waals surface area contributed by atoms with Gasteiger partial charge in [-0.2, -0.15) is 0 Å². The lowest BCUT2D eigenvalue weighted by Gasteiger charge is -2.27. The van der Waals surface area contributed by atoms with Crippen molar-refractivity contribution in [2.24, 2.45) is 0 Å². The second kappa shape index (κ2) is 8.44. The molecule has 1 aromatic carbocycles. The summed E-state index contributed by atoms with van der Waals surface area (Å²) in [6, 6.07) is 17.1. The van der Waals surface area contributed by atoms with Crippen LogP contribution in [0.2, 0.25) is 0 Å². The third kappa shape index (κ3) is 4.30. The van der Waals surface area contributed by atoms with E-state index < -0.39 is 0 Å². The van der Waals surface area contributed by atoms with Crippen LogP contribution in [0.25, 0.3) is 0 Å². The highest BCUT2D eigenvalue weighted by atomic mass is 16.3. The van der Waals surface area contributed by atoms with E-state index in [1.807, 2.05) is 6.92 Å². The number of hydrogen-bond donors (Lipinski definition) is 0. The summed E-state index contributed by atoms with van der Waals surface area (Å²) >= 11 is 0. The first-order valence-electron chi connectivity index (χ1n) is 9.89. The highest BCUT2D eigenvalue weighted by molar-refractivity contribution is 5.33. The molecule has 0 saturated carbocycles. The molecule has 0 spiro atoms. The van der Waals surface area contributed by atoms with Crippen LogP contribution in [0, 0.1) is 6.92 Å². The molecule has 0 aliphatic rings. The van der Waals surface area contributed by atoms with Gasteiger partial charge in [-0.15, -0.1) is 0 Å². The number of furan rings is 1. The van der Waals surface area contributed by atoms with E-state index in [9.17, 15) is 0 Å². The molecular weight excluding hydrogens is 318 g/mol. The van der Waals surface area contributed by atoms with Crippen LogP contribution in [0.4, 0.5) is 0 Å². The molecule has 2 heteroatoms. The Labute approximate surface area is 157 Å². The highest BCUT2D eigenvalue weighted by Crippen LogP contribution is 2.38. The Bertz CT molecular complexity index is 798. The first-order chi connectivity index (χ1) is 12.6. The van der Waals surface area contributed by atoms with Crippen LogP contribution in [0.15, 0.2) is 65.3 Å². The molecule has 1 atom stereocenters. The Morgan fingerprint density at radius 1 is 0.962 bits per heavy atom. The summed E-state index contributed by atoms with van der Waals surface area (Å²) < 4.78 is 8.36. The van der Waals surface area contributed by atoms with E-state index in [-0.39, 0.29) is 5.41 Å². The fraction of sp³-hybridized carbons (Fsp3) is 0.417. The summed E-state index contributed by atoms with van der Waals surface area (Å²) in [6.45, 7) is 7.53. The summed E-state index contributed by atoms with van der Waals surface area (Å²) in [4.78, 5) is 0.